The summed E-state index contributed by atoms with van der Waals surface area (Å²) in [5.74, 6) is 0.507. The van der Waals surface area contributed by atoms with E-state index in [0.717, 1.165) is 17.7 Å². The van der Waals surface area contributed by atoms with Gasteiger partial charge in [-0.2, -0.15) is 0 Å². The number of amides is 2. The molecule has 0 bridgehead atoms. The number of carbonyl (C=O) groups excluding carboxylic acids is 2. The molecule has 1 unspecified atom stereocenters. The number of hydrogen-bond acceptors (Lipinski definition) is 4. The van der Waals surface area contributed by atoms with Crippen LogP contribution in [0.4, 0.5) is 5.69 Å². The van der Waals surface area contributed by atoms with Crippen LogP contribution in [0.15, 0.2) is 42.5 Å². The molecule has 1 atom stereocenters. The summed E-state index contributed by atoms with van der Waals surface area (Å²) in [5, 5.41) is 5.81. The number of carbonyl (C=O) groups is 2. The Hall–Kier alpha value is -2.86. The fraction of sp³-hybridized carbons (Fsp3) is 0.391. The van der Waals surface area contributed by atoms with Crippen LogP contribution in [0, 0.1) is 0 Å². The highest BCUT2D eigenvalue weighted by atomic mass is 16.5. The monoisotopic (exact) mass is 395 g/mol. The molecule has 2 amide bonds. The maximum absolute atomic E-state index is 12.3. The lowest BCUT2D eigenvalue weighted by molar-refractivity contribution is -0.123. The Morgan fingerprint density at radius 1 is 1.17 bits per heavy atom. The van der Waals surface area contributed by atoms with Gasteiger partial charge in [0.15, 0.2) is 6.61 Å². The molecule has 6 heteroatoms. The van der Waals surface area contributed by atoms with Gasteiger partial charge in [-0.3, -0.25) is 9.59 Å². The normalized spacial score (nSPS) is 14.1. The van der Waals surface area contributed by atoms with Crippen molar-refractivity contribution in [3.63, 3.8) is 0 Å². The number of hydrogen-bond donors (Lipinski definition) is 2. The summed E-state index contributed by atoms with van der Waals surface area (Å²) in [6.45, 7) is 2.61. The lowest BCUT2D eigenvalue weighted by Crippen LogP contribution is -2.36. The molecule has 6 nitrogen and oxygen atoms in total. The minimum Gasteiger partial charge on any atom is -0.484 e. The van der Waals surface area contributed by atoms with Crippen LogP contribution in [0.5, 0.6) is 5.75 Å². The van der Waals surface area contributed by atoms with E-state index in [4.69, 9.17) is 4.74 Å². The van der Waals surface area contributed by atoms with Crippen molar-refractivity contribution in [1.82, 2.24) is 10.2 Å². The topological polar surface area (TPSA) is 70.7 Å². The first-order chi connectivity index (χ1) is 14.0. The van der Waals surface area contributed by atoms with Gasteiger partial charge in [0.2, 0.25) is 5.91 Å². The Bertz CT molecular complexity index is 862. The molecule has 0 aromatic heterocycles. The molecular formula is C23H29N3O3. The third kappa shape index (κ3) is 5.57. The molecule has 3 rings (SSSR count). The maximum Gasteiger partial charge on any atom is 0.258 e. The summed E-state index contributed by atoms with van der Waals surface area (Å²) < 4.78 is 5.65. The highest BCUT2D eigenvalue weighted by Crippen LogP contribution is 2.26. The van der Waals surface area contributed by atoms with E-state index in [1.807, 2.05) is 26.2 Å². The van der Waals surface area contributed by atoms with Crippen molar-refractivity contribution in [2.75, 3.05) is 32.6 Å². The Morgan fingerprint density at radius 3 is 2.62 bits per heavy atom. The molecule has 0 saturated heterocycles. The smallest absolute Gasteiger partial charge is 0.258 e. The molecule has 0 saturated carbocycles. The first-order valence-corrected chi connectivity index (χ1v) is 10.0. The van der Waals surface area contributed by atoms with Gasteiger partial charge in [0.1, 0.15) is 5.75 Å². The molecule has 0 aliphatic carbocycles. The molecule has 1 heterocycles. The van der Waals surface area contributed by atoms with Crippen LogP contribution in [0.2, 0.25) is 0 Å². The molecular weight excluding hydrogens is 366 g/mol. The minimum absolute atomic E-state index is 0.0327. The fourth-order valence-corrected chi connectivity index (χ4v) is 3.43. The van der Waals surface area contributed by atoms with Crippen LogP contribution >= 0.6 is 0 Å². The van der Waals surface area contributed by atoms with Crippen LogP contribution < -0.4 is 15.4 Å². The number of rotatable bonds is 8. The van der Waals surface area contributed by atoms with Gasteiger partial charge in [0.25, 0.3) is 5.91 Å². The summed E-state index contributed by atoms with van der Waals surface area (Å²) in [5.41, 5.74) is 4.32. The van der Waals surface area contributed by atoms with Gasteiger partial charge in [0, 0.05) is 18.7 Å². The predicted octanol–water partition coefficient (Wildman–Crippen LogP) is 2.93. The number of benzene rings is 2. The Balaban J connectivity index is 1.52. The number of ether oxygens (including phenoxy) is 1. The van der Waals surface area contributed by atoms with E-state index in [-0.39, 0.29) is 24.5 Å². The molecule has 154 valence electrons. The second kappa shape index (κ2) is 9.56. The summed E-state index contributed by atoms with van der Waals surface area (Å²) >= 11 is 0. The minimum atomic E-state index is -0.159. The average Bonchev–Trinajstić information content (AvgIpc) is 2.72. The van der Waals surface area contributed by atoms with Crippen LogP contribution in [-0.2, 0) is 22.4 Å². The van der Waals surface area contributed by atoms with Crippen LogP contribution in [0.25, 0.3) is 0 Å². The van der Waals surface area contributed by atoms with Crippen LogP contribution in [0.1, 0.15) is 36.1 Å². The zero-order valence-electron chi connectivity index (χ0n) is 17.3. The highest BCUT2D eigenvalue weighted by Gasteiger charge is 2.17. The number of nitrogens with one attached hydrogen (secondary N) is 2. The van der Waals surface area contributed by atoms with Gasteiger partial charge >= 0.3 is 0 Å². The number of anilines is 1. The highest BCUT2D eigenvalue weighted by molar-refractivity contribution is 5.94. The average molecular weight is 396 g/mol. The second-order valence-electron chi connectivity index (χ2n) is 7.53. The van der Waals surface area contributed by atoms with Crippen molar-refractivity contribution < 1.29 is 14.3 Å². The van der Waals surface area contributed by atoms with Gasteiger partial charge < -0.3 is 20.3 Å². The van der Waals surface area contributed by atoms with E-state index < -0.39 is 0 Å². The van der Waals surface area contributed by atoms with E-state index in [0.29, 0.717) is 25.1 Å². The molecule has 0 spiro atoms. The Labute approximate surface area is 172 Å². The molecule has 1 aliphatic heterocycles. The van der Waals surface area contributed by atoms with Crippen LogP contribution in [-0.4, -0.2) is 44.0 Å². The molecule has 0 radical (unpaired) electrons. The van der Waals surface area contributed by atoms with E-state index in [1.54, 1.807) is 6.07 Å². The summed E-state index contributed by atoms with van der Waals surface area (Å²) in [6.07, 6.45) is 2.17. The Kier molecular flexibility index (Phi) is 6.88. The number of aryl methyl sites for hydroxylation is 2. The first-order valence-electron chi connectivity index (χ1n) is 10.0. The summed E-state index contributed by atoms with van der Waals surface area (Å²) in [4.78, 5) is 25.8. The van der Waals surface area contributed by atoms with E-state index in [9.17, 15) is 9.59 Å². The standard InChI is InChI=1S/C23H29N3O3/c1-4-16-5-7-17(8-6-16)21(26(2)3)14-24-23(28)15-29-19-10-11-20-18(13-19)9-12-22(27)25-20/h5-8,10-11,13,21H,4,9,12,14-15H2,1-3H3,(H,24,28)(H,25,27). The molecule has 2 aromatic carbocycles. The number of likely N-dealkylation sites (N-methyl/N-ethyl adjacent to an activating group) is 1. The lowest BCUT2D eigenvalue weighted by Gasteiger charge is -2.25. The van der Waals surface area contributed by atoms with Gasteiger partial charge in [-0.15, -0.1) is 0 Å². The largest absolute Gasteiger partial charge is 0.484 e. The number of nitrogens with zero attached hydrogens (tertiary/aromatic N) is 1. The SMILES string of the molecule is CCc1ccc(C(CNC(=O)COc2ccc3c(c2)CCC(=O)N3)N(C)C)cc1. The number of fused-ring (bicyclic) bond motifs is 1. The van der Waals surface area contributed by atoms with E-state index >= 15 is 0 Å². The Morgan fingerprint density at radius 2 is 1.93 bits per heavy atom. The van der Waals surface area contributed by atoms with Crippen molar-refractivity contribution in [3.8, 4) is 5.75 Å². The quantitative estimate of drug-likeness (QED) is 0.721. The third-order valence-electron chi connectivity index (χ3n) is 5.23. The summed E-state index contributed by atoms with van der Waals surface area (Å²) in [6, 6.07) is 14.1. The van der Waals surface area contributed by atoms with Crippen molar-refractivity contribution in [2.24, 2.45) is 0 Å². The maximum atomic E-state index is 12.3. The van der Waals surface area contributed by atoms with Crippen LogP contribution in [0.3, 0.4) is 0 Å². The zero-order valence-corrected chi connectivity index (χ0v) is 17.3. The second-order valence-corrected chi connectivity index (χ2v) is 7.53. The zero-order chi connectivity index (χ0) is 20.8. The molecule has 2 aromatic rings. The van der Waals surface area contributed by atoms with Crippen molar-refractivity contribution in [2.45, 2.75) is 32.2 Å². The third-order valence-corrected chi connectivity index (χ3v) is 5.23. The van der Waals surface area contributed by atoms with Gasteiger partial charge in [-0.1, -0.05) is 31.2 Å². The van der Waals surface area contributed by atoms with Gasteiger partial charge in [-0.05, 0) is 61.8 Å². The molecule has 1 aliphatic rings. The first kappa shape index (κ1) is 20.9. The summed E-state index contributed by atoms with van der Waals surface area (Å²) in [7, 11) is 4.01. The van der Waals surface area contributed by atoms with Gasteiger partial charge in [-0.25, -0.2) is 0 Å². The van der Waals surface area contributed by atoms with Crippen molar-refractivity contribution >= 4 is 17.5 Å². The van der Waals surface area contributed by atoms with Gasteiger partial charge in [0.05, 0.1) is 6.04 Å². The predicted molar refractivity (Wildman–Crippen MR) is 114 cm³/mol. The van der Waals surface area contributed by atoms with E-state index in [2.05, 4.69) is 46.7 Å². The fourth-order valence-electron chi connectivity index (χ4n) is 3.43. The molecule has 29 heavy (non-hydrogen) atoms. The molecule has 0 fully saturated rings. The van der Waals surface area contributed by atoms with Crippen molar-refractivity contribution in [3.05, 3.63) is 59.2 Å². The van der Waals surface area contributed by atoms with E-state index in [1.165, 1.54) is 11.1 Å². The lowest BCUT2D eigenvalue weighted by atomic mass is 10.0. The van der Waals surface area contributed by atoms with Crippen molar-refractivity contribution in [1.29, 1.82) is 0 Å². The molecule has 2 N–H and O–H groups in total.